The van der Waals surface area contributed by atoms with Gasteiger partial charge < -0.3 is 5.11 Å². The largest absolute Gasteiger partial charge is 0.481 e. The van der Waals surface area contributed by atoms with Gasteiger partial charge >= 0.3 is 5.97 Å². The molecule has 1 saturated heterocycles. The molecule has 21 heavy (non-hydrogen) atoms. The molecule has 0 spiro atoms. The van der Waals surface area contributed by atoms with E-state index in [1.54, 1.807) is 19.1 Å². The Labute approximate surface area is 129 Å². The van der Waals surface area contributed by atoms with Crippen LogP contribution in [0.4, 0.5) is 0 Å². The SMILES string of the molecule is Cc1ccc(S(=O)(=O)N2CCC(C)(C(=O)O)CC2)c(Cl)c1. The van der Waals surface area contributed by atoms with Crippen molar-refractivity contribution < 1.29 is 18.3 Å². The lowest BCUT2D eigenvalue weighted by molar-refractivity contribution is -0.150. The van der Waals surface area contributed by atoms with Crippen molar-refractivity contribution in [1.29, 1.82) is 0 Å². The van der Waals surface area contributed by atoms with Gasteiger partial charge in [0.1, 0.15) is 4.90 Å². The molecule has 0 bridgehead atoms. The van der Waals surface area contributed by atoms with Crippen LogP contribution >= 0.6 is 11.6 Å². The van der Waals surface area contributed by atoms with Crippen LogP contribution in [0, 0.1) is 12.3 Å². The molecule has 0 saturated carbocycles. The first-order valence-corrected chi connectivity index (χ1v) is 8.48. The summed E-state index contributed by atoms with van der Waals surface area (Å²) < 4.78 is 26.5. The van der Waals surface area contributed by atoms with Gasteiger partial charge in [0.15, 0.2) is 0 Å². The van der Waals surface area contributed by atoms with E-state index in [0.29, 0.717) is 12.8 Å². The minimum absolute atomic E-state index is 0.0775. The third kappa shape index (κ3) is 3.07. The Hall–Kier alpha value is -1.11. The number of carboxylic acids is 1. The topological polar surface area (TPSA) is 74.7 Å². The van der Waals surface area contributed by atoms with Crippen molar-refractivity contribution in [1.82, 2.24) is 4.31 Å². The number of carboxylic acid groups (broad SMARTS) is 1. The van der Waals surface area contributed by atoms with Crippen LogP contribution in [0.5, 0.6) is 0 Å². The van der Waals surface area contributed by atoms with Gasteiger partial charge in [-0.05, 0) is 44.4 Å². The number of nitrogens with zero attached hydrogens (tertiary/aromatic N) is 1. The summed E-state index contributed by atoms with van der Waals surface area (Å²) in [7, 11) is -3.68. The van der Waals surface area contributed by atoms with E-state index in [-0.39, 0.29) is 23.0 Å². The third-order valence-corrected chi connectivity index (χ3v) is 6.43. The predicted molar refractivity (Wildman–Crippen MR) is 79.9 cm³/mol. The average Bonchev–Trinajstić information content (AvgIpc) is 2.38. The lowest BCUT2D eigenvalue weighted by Gasteiger charge is -2.35. The van der Waals surface area contributed by atoms with Crippen molar-refractivity contribution in [2.75, 3.05) is 13.1 Å². The van der Waals surface area contributed by atoms with Gasteiger partial charge in [-0.25, -0.2) is 8.42 Å². The van der Waals surface area contributed by atoms with Crippen molar-refractivity contribution in [2.24, 2.45) is 5.41 Å². The maximum atomic E-state index is 12.6. The average molecular weight is 332 g/mol. The van der Waals surface area contributed by atoms with Crippen LogP contribution in [0.15, 0.2) is 23.1 Å². The molecule has 0 unspecified atom stereocenters. The third-order valence-electron chi connectivity index (χ3n) is 4.05. The molecule has 2 rings (SSSR count). The second-order valence-corrected chi connectivity index (χ2v) is 8.02. The highest BCUT2D eigenvalue weighted by molar-refractivity contribution is 7.89. The number of halogens is 1. The number of piperidine rings is 1. The van der Waals surface area contributed by atoms with Gasteiger partial charge in [-0.15, -0.1) is 0 Å². The van der Waals surface area contributed by atoms with E-state index < -0.39 is 21.4 Å². The highest BCUT2D eigenvalue weighted by Gasteiger charge is 2.40. The van der Waals surface area contributed by atoms with Gasteiger partial charge in [-0.3, -0.25) is 4.79 Å². The number of hydrogen-bond donors (Lipinski definition) is 1. The molecule has 1 heterocycles. The highest BCUT2D eigenvalue weighted by atomic mass is 35.5. The summed E-state index contributed by atoms with van der Waals surface area (Å²) in [4.78, 5) is 11.3. The Kier molecular flexibility index (Phi) is 4.33. The summed E-state index contributed by atoms with van der Waals surface area (Å²) in [6.07, 6.45) is 0.593. The van der Waals surface area contributed by atoms with Crippen LogP contribution < -0.4 is 0 Å². The zero-order valence-electron chi connectivity index (χ0n) is 12.0. The minimum atomic E-state index is -3.68. The first-order valence-electron chi connectivity index (χ1n) is 6.66. The summed E-state index contributed by atoms with van der Waals surface area (Å²) in [6.45, 7) is 3.87. The second-order valence-electron chi connectivity index (χ2n) is 5.70. The summed E-state index contributed by atoms with van der Waals surface area (Å²) in [5.41, 5.74) is 0.0272. The molecule has 0 radical (unpaired) electrons. The van der Waals surface area contributed by atoms with E-state index >= 15 is 0 Å². The summed E-state index contributed by atoms with van der Waals surface area (Å²) >= 11 is 6.04. The van der Waals surface area contributed by atoms with Gasteiger partial charge in [-0.1, -0.05) is 17.7 Å². The molecule has 1 fully saturated rings. The molecule has 0 aromatic heterocycles. The van der Waals surface area contributed by atoms with Gasteiger partial charge in [0.25, 0.3) is 0 Å². The molecular weight excluding hydrogens is 314 g/mol. The molecule has 0 atom stereocenters. The van der Waals surface area contributed by atoms with Crippen LogP contribution in [0.3, 0.4) is 0 Å². The first kappa shape index (κ1) is 16.3. The number of aliphatic carboxylic acids is 1. The smallest absolute Gasteiger partial charge is 0.309 e. The van der Waals surface area contributed by atoms with Crippen LogP contribution in [0.1, 0.15) is 25.3 Å². The van der Waals surface area contributed by atoms with Gasteiger partial charge in [0.2, 0.25) is 10.0 Å². The van der Waals surface area contributed by atoms with E-state index in [2.05, 4.69) is 0 Å². The summed E-state index contributed by atoms with van der Waals surface area (Å²) in [5, 5.41) is 9.39. The van der Waals surface area contributed by atoms with Crippen LogP contribution in [0.2, 0.25) is 5.02 Å². The minimum Gasteiger partial charge on any atom is -0.481 e. The maximum Gasteiger partial charge on any atom is 0.309 e. The molecule has 1 aliphatic heterocycles. The molecule has 1 aromatic carbocycles. The Balaban J connectivity index is 2.25. The van der Waals surface area contributed by atoms with E-state index in [1.807, 2.05) is 6.92 Å². The number of aryl methyl sites for hydroxylation is 1. The highest BCUT2D eigenvalue weighted by Crippen LogP contribution is 2.34. The second kappa shape index (κ2) is 5.59. The molecule has 7 heteroatoms. The Morgan fingerprint density at radius 3 is 2.38 bits per heavy atom. The molecule has 1 aliphatic rings. The fourth-order valence-corrected chi connectivity index (χ4v) is 4.40. The monoisotopic (exact) mass is 331 g/mol. The van der Waals surface area contributed by atoms with Crippen molar-refractivity contribution in [2.45, 2.75) is 31.6 Å². The zero-order chi connectivity index (χ0) is 15.8. The van der Waals surface area contributed by atoms with Crippen LogP contribution in [-0.2, 0) is 14.8 Å². The number of sulfonamides is 1. The first-order chi connectivity index (χ1) is 9.67. The quantitative estimate of drug-likeness (QED) is 0.923. The van der Waals surface area contributed by atoms with E-state index in [0.717, 1.165) is 5.56 Å². The Bertz CT molecular complexity index is 664. The summed E-state index contributed by atoms with van der Waals surface area (Å²) in [5.74, 6) is -0.882. The summed E-state index contributed by atoms with van der Waals surface area (Å²) in [6, 6.07) is 4.81. The maximum absolute atomic E-state index is 12.6. The zero-order valence-corrected chi connectivity index (χ0v) is 13.5. The van der Waals surface area contributed by atoms with Gasteiger partial charge in [0.05, 0.1) is 10.4 Å². The van der Waals surface area contributed by atoms with Crippen molar-refractivity contribution in [3.05, 3.63) is 28.8 Å². The van der Waals surface area contributed by atoms with Crippen molar-refractivity contribution >= 4 is 27.6 Å². The lowest BCUT2D eigenvalue weighted by atomic mass is 9.81. The molecule has 0 amide bonds. The number of rotatable bonds is 3. The van der Waals surface area contributed by atoms with Crippen LogP contribution in [0.25, 0.3) is 0 Å². The Morgan fingerprint density at radius 2 is 1.90 bits per heavy atom. The number of benzene rings is 1. The van der Waals surface area contributed by atoms with E-state index in [1.165, 1.54) is 10.4 Å². The fraction of sp³-hybridized carbons (Fsp3) is 0.500. The van der Waals surface area contributed by atoms with Gasteiger partial charge in [0, 0.05) is 13.1 Å². The molecular formula is C14H18ClNO4S. The normalized spacial score (nSPS) is 19.4. The molecule has 1 aromatic rings. The van der Waals surface area contributed by atoms with Crippen molar-refractivity contribution in [3.8, 4) is 0 Å². The Morgan fingerprint density at radius 1 is 1.33 bits per heavy atom. The van der Waals surface area contributed by atoms with E-state index in [9.17, 15) is 18.3 Å². The lowest BCUT2D eigenvalue weighted by Crippen LogP contribution is -2.45. The van der Waals surface area contributed by atoms with Crippen LogP contribution in [-0.4, -0.2) is 36.9 Å². The van der Waals surface area contributed by atoms with Gasteiger partial charge in [-0.2, -0.15) is 4.31 Å². The molecule has 5 nitrogen and oxygen atoms in total. The molecule has 116 valence electrons. The molecule has 1 N–H and O–H groups in total. The fourth-order valence-electron chi connectivity index (χ4n) is 2.39. The van der Waals surface area contributed by atoms with E-state index in [4.69, 9.17) is 11.6 Å². The predicted octanol–water partition coefficient (Wildman–Crippen LogP) is 2.52. The number of carbonyl (C=O) groups is 1. The van der Waals surface area contributed by atoms with Crippen molar-refractivity contribution in [3.63, 3.8) is 0 Å². The number of hydrogen-bond acceptors (Lipinski definition) is 3. The molecule has 0 aliphatic carbocycles. The standard InChI is InChI=1S/C14H18ClNO4S/c1-10-3-4-12(11(15)9-10)21(19,20)16-7-5-14(2,6-8-16)13(17)18/h3-4,9H,5-8H2,1-2H3,(H,17,18).